The van der Waals surface area contributed by atoms with E-state index >= 15 is 0 Å². The molecule has 3 heteroatoms. The van der Waals surface area contributed by atoms with Gasteiger partial charge >= 0.3 is 0 Å². The van der Waals surface area contributed by atoms with Crippen LogP contribution in [-0.2, 0) is 6.54 Å². The SMILES string of the molecule is CCCNCc1sccc1Br. The van der Waals surface area contributed by atoms with E-state index in [1.54, 1.807) is 11.3 Å². The summed E-state index contributed by atoms with van der Waals surface area (Å²) in [5.41, 5.74) is 0. The molecule has 0 atom stereocenters. The molecule has 1 N–H and O–H groups in total. The third-order valence-corrected chi connectivity index (χ3v) is 3.33. The number of nitrogens with one attached hydrogen (secondary N) is 1. The van der Waals surface area contributed by atoms with Crippen molar-refractivity contribution in [1.82, 2.24) is 5.32 Å². The monoisotopic (exact) mass is 233 g/mol. The molecule has 0 unspecified atom stereocenters. The van der Waals surface area contributed by atoms with Gasteiger partial charge in [0.15, 0.2) is 0 Å². The molecule has 1 aromatic rings. The van der Waals surface area contributed by atoms with Gasteiger partial charge in [0.2, 0.25) is 0 Å². The maximum Gasteiger partial charge on any atom is 0.0327 e. The summed E-state index contributed by atoms with van der Waals surface area (Å²) >= 11 is 5.28. The van der Waals surface area contributed by atoms with Crippen LogP contribution < -0.4 is 5.32 Å². The maximum absolute atomic E-state index is 3.49. The van der Waals surface area contributed by atoms with E-state index in [-0.39, 0.29) is 0 Å². The van der Waals surface area contributed by atoms with Crippen molar-refractivity contribution in [3.05, 3.63) is 20.8 Å². The fraction of sp³-hybridized carbons (Fsp3) is 0.500. The van der Waals surface area contributed by atoms with Crippen molar-refractivity contribution in [2.75, 3.05) is 6.54 Å². The fourth-order valence-corrected chi connectivity index (χ4v) is 2.29. The fourth-order valence-electron chi connectivity index (χ4n) is 0.830. The molecular formula is C8H12BrNS. The van der Waals surface area contributed by atoms with E-state index in [1.807, 2.05) is 0 Å². The van der Waals surface area contributed by atoms with Crippen molar-refractivity contribution in [2.45, 2.75) is 19.9 Å². The van der Waals surface area contributed by atoms with Gasteiger partial charge in [-0.2, -0.15) is 0 Å². The summed E-state index contributed by atoms with van der Waals surface area (Å²) in [6.07, 6.45) is 1.20. The van der Waals surface area contributed by atoms with E-state index in [2.05, 4.69) is 39.6 Å². The zero-order valence-electron chi connectivity index (χ0n) is 6.56. The van der Waals surface area contributed by atoms with Crippen molar-refractivity contribution in [2.24, 2.45) is 0 Å². The van der Waals surface area contributed by atoms with Gasteiger partial charge in [0.25, 0.3) is 0 Å². The Kier molecular flexibility index (Phi) is 4.12. The molecule has 0 spiro atoms. The van der Waals surface area contributed by atoms with Gasteiger partial charge in [-0.1, -0.05) is 6.92 Å². The summed E-state index contributed by atoms with van der Waals surface area (Å²) in [5, 5.41) is 5.46. The Hall–Kier alpha value is 0.140. The van der Waals surface area contributed by atoms with Crippen LogP contribution in [0.1, 0.15) is 18.2 Å². The molecule has 0 fully saturated rings. The number of thiophene rings is 1. The zero-order valence-corrected chi connectivity index (χ0v) is 8.96. The molecule has 0 aliphatic heterocycles. The lowest BCUT2D eigenvalue weighted by atomic mass is 10.4. The molecule has 0 bridgehead atoms. The number of halogens is 1. The Labute approximate surface area is 79.9 Å². The Morgan fingerprint density at radius 1 is 1.64 bits per heavy atom. The van der Waals surface area contributed by atoms with Gasteiger partial charge in [-0.05, 0) is 40.3 Å². The van der Waals surface area contributed by atoms with Crippen LogP contribution in [0, 0.1) is 0 Å². The average molecular weight is 234 g/mol. The molecule has 0 aliphatic carbocycles. The molecule has 1 rings (SSSR count). The van der Waals surface area contributed by atoms with Crippen LogP contribution in [0.15, 0.2) is 15.9 Å². The lowest BCUT2D eigenvalue weighted by molar-refractivity contribution is 0.680. The van der Waals surface area contributed by atoms with Crippen molar-refractivity contribution in [3.8, 4) is 0 Å². The summed E-state index contributed by atoms with van der Waals surface area (Å²) in [7, 11) is 0. The molecule has 0 saturated heterocycles. The second-order valence-corrected chi connectivity index (χ2v) is 4.22. The largest absolute Gasteiger partial charge is 0.312 e. The summed E-state index contributed by atoms with van der Waals surface area (Å²) < 4.78 is 1.23. The van der Waals surface area contributed by atoms with E-state index in [4.69, 9.17) is 0 Å². The van der Waals surface area contributed by atoms with Crippen LogP contribution in [0.4, 0.5) is 0 Å². The molecule has 0 aromatic carbocycles. The first-order valence-electron chi connectivity index (χ1n) is 3.77. The van der Waals surface area contributed by atoms with Crippen molar-refractivity contribution >= 4 is 27.3 Å². The predicted octanol–water partition coefficient (Wildman–Crippen LogP) is 3.01. The molecule has 1 nitrogen and oxygen atoms in total. The van der Waals surface area contributed by atoms with Crippen LogP contribution in [-0.4, -0.2) is 6.54 Å². The van der Waals surface area contributed by atoms with Gasteiger partial charge in [0.05, 0.1) is 0 Å². The van der Waals surface area contributed by atoms with Crippen molar-refractivity contribution < 1.29 is 0 Å². The normalized spacial score (nSPS) is 10.4. The third kappa shape index (κ3) is 2.93. The second kappa shape index (κ2) is 4.91. The first-order valence-corrected chi connectivity index (χ1v) is 5.44. The lowest BCUT2D eigenvalue weighted by Crippen LogP contribution is -2.12. The molecule has 0 amide bonds. The van der Waals surface area contributed by atoms with E-state index in [1.165, 1.54) is 15.8 Å². The molecule has 0 saturated carbocycles. The van der Waals surface area contributed by atoms with E-state index < -0.39 is 0 Å². The topological polar surface area (TPSA) is 12.0 Å². The number of rotatable bonds is 4. The minimum absolute atomic E-state index is 0.992. The standard InChI is InChI=1S/C8H12BrNS/c1-2-4-10-6-8-7(9)3-5-11-8/h3,5,10H,2,4,6H2,1H3. The van der Waals surface area contributed by atoms with Gasteiger partial charge in [0.1, 0.15) is 0 Å². The highest BCUT2D eigenvalue weighted by Gasteiger charge is 1.98. The van der Waals surface area contributed by atoms with Crippen molar-refractivity contribution in [3.63, 3.8) is 0 Å². The van der Waals surface area contributed by atoms with Crippen LogP contribution in [0.3, 0.4) is 0 Å². The van der Waals surface area contributed by atoms with Crippen molar-refractivity contribution in [1.29, 1.82) is 0 Å². The van der Waals surface area contributed by atoms with Crippen LogP contribution in [0.5, 0.6) is 0 Å². The Morgan fingerprint density at radius 3 is 3.00 bits per heavy atom. The van der Waals surface area contributed by atoms with E-state index in [0.29, 0.717) is 0 Å². The smallest absolute Gasteiger partial charge is 0.0327 e. The quantitative estimate of drug-likeness (QED) is 0.789. The van der Waals surface area contributed by atoms with Crippen LogP contribution in [0.25, 0.3) is 0 Å². The van der Waals surface area contributed by atoms with Crippen LogP contribution >= 0.6 is 27.3 Å². The van der Waals surface area contributed by atoms with Gasteiger partial charge in [-0.3, -0.25) is 0 Å². The van der Waals surface area contributed by atoms with Crippen LogP contribution in [0.2, 0.25) is 0 Å². The second-order valence-electron chi connectivity index (χ2n) is 2.37. The minimum Gasteiger partial charge on any atom is -0.312 e. The van der Waals surface area contributed by atoms with Gasteiger partial charge < -0.3 is 5.32 Å². The zero-order chi connectivity index (χ0) is 8.10. The minimum atomic E-state index is 0.992. The predicted molar refractivity (Wildman–Crippen MR) is 54.0 cm³/mol. The highest BCUT2D eigenvalue weighted by molar-refractivity contribution is 9.10. The molecule has 62 valence electrons. The molecule has 1 aromatic heterocycles. The Bertz CT molecular complexity index is 210. The summed E-state index contributed by atoms with van der Waals surface area (Å²) in [6.45, 7) is 4.27. The van der Waals surface area contributed by atoms with E-state index in [9.17, 15) is 0 Å². The Balaban J connectivity index is 2.32. The number of hydrogen-bond acceptors (Lipinski definition) is 2. The van der Waals surface area contributed by atoms with Gasteiger partial charge in [-0.25, -0.2) is 0 Å². The summed E-state index contributed by atoms with van der Waals surface area (Å²) in [5.74, 6) is 0. The highest BCUT2D eigenvalue weighted by atomic mass is 79.9. The molecular weight excluding hydrogens is 222 g/mol. The lowest BCUT2D eigenvalue weighted by Gasteiger charge is -1.99. The first-order chi connectivity index (χ1) is 5.34. The summed E-state index contributed by atoms with van der Waals surface area (Å²) in [4.78, 5) is 1.39. The molecule has 11 heavy (non-hydrogen) atoms. The summed E-state index contributed by atoms with van der Waals surface area (Å²) in [6, 6.07) is 2.09. The third-order valence-electron chi connectivity index (χ3n) is 1.40. The average Bonchev–Trinajstić information content (AvgIpc) is 2.37. The van der Waals surface area contributed by atoms with Gasteiger partial charge in [-0.15, -0.1) is 11.3 Å². The molecule has 0 aliphatic rings. The van der Waals surface area contributed by atoms with E-state index in [0.717, 1.165) is 13.1 Å². The number of hydrogen-bond donors (Lipinski definition) is 1. The highest BCUT2D eigenvalue weighted by Crippen LogP contribution is 2.21. The first kappa shape index (κ1) is 9.23. The maximum atomic E-state index is 3.49. The Morgan fingerprint density at radius 2 is 2.45 bits per heavy atom. The van der Waals surface area contributed by atoms with Gasteiger partial charge in [0, 0.05) is 15.9 Å². The molecule has 0 radical (unpaired) electrons. The molecule has 1 heterocycles.